The van der Waals surface area contributed by atoms with Gasteiger partial charge in [-0.15, -0.1) is 0 Å². The fourth-order valence-electron chi connectivity index (χ4n) is 3.89. The number of halogens is 1. The quantitative estimate of drug-likeness (QED) is 0.289. The third kappa shape index (κ3) is 4.00. The number of aromatic nitrogens is 2. The zero-order valence-electron chi connectivity index (χ0n) is 16.7. The minimum atomic E-state index is 0.684. The highest BCUT2D eigenvalue weighted by atomic mass is 35.5. The van der Waals surface area contributed by atoms with Crippen LogP contribution in [-0.4, -0.2) is 15.8 Å². The number of carbonyl (C=O) groups excluding carboxylic acids is 1. The molecule has 0 atom stereocenters. The van der Waals surface area contributed by atoms with Gasteiger partial charge in [0.25, 0.3) is 0 Å². The molecular weight excluding hydrogens is 404 g/mol. The van der Waals surface area contributed by atoms with Crippen LogP contribution in [0.15, 0.2) is 85.1 Å². The largest absolute Gasteiger partial charge is 0.342 e. The van der Waals surface area contributed by atoms with E-state index in [1.807, 2.05) is 60.8 Å². The van der Waals surface area contributed by atoms with Gasteiger partial charge in [-0.2, -0.15) is 0 Å². The first-order valence-electron chi connectivity index (χ1n) is 10.1. The number of pyridine rings is 1. The lowest BCUT2D eigenvalue weighted by atomic mass is 10.1. The molecule has 0 aliphatic heterocycles. The van der Waals surface area contributed by atoms with E-state index in [0.717, 1.165) is 39.3 Å². The van der Waals surface area contributed by atoms with E-state index in [2.05, 4.69) is 46.0 Å². The van der Waals surface area contributed by atoms with Gasteiger partial charge in [-0.05, 0) is 53.6 Å². The molecule has 3 nitrogen and oxygen atoms in total. The molecule has 0 spiro atoms. The fourth-order valence-corrected chi connectivity index (χ4v) is 4.06. The van der Waals surface area contributed by atoms with Crippen LogP contribution in [0.5, 0.6) is 0 Å². The summed E-state index contributed by atoms with van der Waals surface area (Å²) in [5.41, 5.74) is 5.70. The minimum absolute atomic E-state index is 0.684. The molecule has 3 aromatic carbocycles. The fraction of sp³-hybridized carbons (Fsp3) is 0.0370. The highest BCUT2D eigenvalue weighted by Gasteiger charge is 2.07. The van der Waals surface area contributed by atoms with Crippen LogP contribution < -0.4 is 0 Å². The van der Waals surface area contributed by atoms with E-state index in [9.17, 15) is 4.79 Å². The number of fused-ring (bicyclic) bond motifs is 2. The van der Waals surface area contributed by atoms with Crippen LogP contribution in [0.2, 0.25) is 5.02 Å². The van der Waals surface area contributed by atoms with E-state index < -0.39 is 0 Å². The SMILES string of the molecule is O=Cc1cccc2ccn(Cc3cccc(/C=C/c4ccc5ccc(Cl)cc5n4)c3)c12. The van der Waals surface area contributed by atoms with Gasteiger partial charge in [0.2, 0.25) is 0 Å². The van der Waals surface area contributed by atoms with E-state index in [1.54, 1.807) is 0 Å². The molecule has 0 amide bonds. The van der Waals surface area contributed by atoms with E-state index in [1.165, 1.54) is 5.56 Å². The lowest BCUT2D eigenvalue weighted by Gasteiger charge is -2.08. The number of aldehydes is 1. The van der Waals surface area contributed by atoms with Crippen molar-refractivity contribution in [3.8, 4) is 0 Å². The summed E-state index contributed by atoms with van der Waals surface area (Å²) < 4.78 is 2.12. The van der Waals surface area contributed by atoms with Crippen LogP contribution >= 0.6 is 11.6 Å². The summed E-state index contributed by atoms with van der Waals surface area (Å²) in [6, 6.07) is 26.0. The Kier molecular flexibility index (Phi) is 5.11. The topological polar surface area (TPSA) is 34.9 Å². The second kappa shape index (κ2) is 8.21. The molecule has 5 aromatic rings. The lowest BCUT2D eigenvalue weighted by Crippen LogP contribution is -2.00. The average Bonchev–Trinajstić information content (AvgIpc) is 3.20. The molecule has 0 radical (unpaired) electrons. The van der Waals surface area contributed by atoms with Gasteiger partial charge in [0.1, 0.15) is 0 Å². The Morgan fingerprint density at radius 1 is 0.871 bits per heavy atom. The van der Waals surface area contributed by atoms with Gasteiger partial charge in [-0.1, -0.05) is 60.1 Å². The summed E-state index contributed by atoms with van der Waals surface area (Å²) in [5, 5.41) is 2.82. The molecule has 31 heavy (non-hydrogen) atoms. The number of hydrogen-bond acceptors (Lipinski definition) is 2. The zero-order valence-corrected chi connectivity index (χ0v) is 17.5. The Morgan fingerprint density at radius 2 is 1.74 bits per heavy atom. The van der Waals surface area contributed by atoms with Crippen molar-refractivity contribution >= 4 is 51.8 Å². The van der Waals surface area contributed by atoms with Crippen LogP contribution in [0.4, 0.5) is 0 Å². The highest BCUT2D eigenvalue weighted by Crippen LogP contribution is 2.22. The molecule has 5 rings (SSSR count). The number of para-hydroxylation sites is 1. The Bertz CT molecular complexity index is 1450. The van der Waals surface area contributed by atoms with Gasteiger partial charge in [-0.3, -0.25) is 4.79 Å². The minimum Gasteiger partial charge on any atom is -0.342 e. The third-order valence-corrected chi connectivity index (χ3v) is 5.61. The van der Waals surface area contributed by atoms with Crippen molar-refractivity contribution in [2.24, 2.45) is 0 Å². The van der Waals surface area contributed by atoms with Crippen molar-refractivity contribution < 1.29 is 4.79 Å². The number of carbonyl (C=O) groups is 1. The normalized spacial score (nSPS) is 11.5. The molecule has 2 heterocycles. The molecule has 0 aliphatic carbocycles. The zero-order chi connectivity index (χ0) is 21.2. The molecular formula is C27H19ClN2O. The predicted octanol–water partition coefficient (Wildman–Crippen LogP) is 6.87. The van der Waals surface area contributed by atoms with E-state index in [-0.39, 0.29) is 0 Å². The summed E-state index contributed by atoms with van der Waals surface area (Å²) in [6.07, 6.45) is 7.02. The molecule has 4 heteroatoms. The maximum atomic E-state index is 11.5. The van der Waals surface area contributed by atoms with Crippen LogP contribution in [-0.2, 0) is 6.54 Å². The molecule has 0 aliphatic rings. The Balaban J connectivity index is 1.41. The van der Waals surface area contributed by atoms with Crippen molar-refractivity contribution in [3.63, 3.8) is 0 Å². The van der Waals surface area contributed by atoms with Gasteiger partial charge < -0.3 is 4.57 Å². The van der Waals surface area contributed by atoms with Crippen molar-refractivity contribution in [2.45, 2.75) is 6.54 Å². The van der Waals surface area contributed by atoms with Crippen LogP contribution in [0.3, 0.4) is 0 Å². The first-order chi connectivity index (χ1) is 15.2. The van der Waals surface area contributed by atoms with Gasteiger partial charge in [0.15, 0.2) is 6.29 Å². The molecule has 2 aromatic heterocycles. The van der Waals surface area contributed by atoms with Crippen molar-refractivity contribution in [1.82, 2.24) is 9.55 Å². The Labute approximate surface area is 185 Å². The van der Waals surface area contributed by atoms with Crippen LogP contribution in [0.1, 0.15) is 27.2 Å². The summed E-state index contributed by atoms with van der Waals surface area (Å²) in [4.78, 5) is 16.1. The maximum Gasteiger partial charge on any atom is 0.152 e. The standard InChI is InChI=1S/C27H19ClN2O/c28-24-10-8-21-9-12-25(29-26(21)16-24)11-7-19-3-1-4-20(15-19)17-30-14-13-22-5-2-6-23(18-31)27(22)30/h1-16,18H,17H2/b11-7+. The second-order valence-corrected chi connectivity index (χ2v) is 7.93. The highest BCUT2D eigenvalue weighted by molar-refractivity contribution is 6.31. The molecule has 0 saturated heterocycles. The summed E-state index contributed by atoms with van der Waals surface area (Å²) in [6.45, 7) is 0.697. The summed E-state index contributed by atoms with van der Waals surface area (Å²) >= 11 is 6.10. The number of benzene rings is 3. The summed E-state index contributed by atoms with van der Waals surface area (Å²) in [5.74, 6) is 0. The molecule has 0 bridgehead atoms. The van der Waals surface area contributed by atoms with Crippen LogP contribution in [0, 0.1) is 0 Å². The molecule has 0 unspecified atom stereocenters. The molecule has 0 saturated carbocycles. The molecule has 150 valence electrons. The van der Waals surface area contributed by atoms with E-state index in [4.69, 9.17) is 11.6 Å². The second-order valence-electron chi connectivity index (χ2n) is 7.50. The summed E-state index contributed by atoms with van der Waals surface area (Å²) in [7, 11) is 0. The maximum absolute atomic E-state index is 11.5. The van der Waals surface area contributed by atoms with Crippen molar-refractivity contribution in [2.75, 3.05) is 0 Å². The first kappa shape index (κ1) is 19.3. The van der Waals surface area contributed by atoms with Crippen molar-refractivity contribution in [3.05, 3.63) is 112 Å². The van der Waals surface area contributed by atoms with Gasteiger partial charge in [0, 0.05) is 34.1 Å². The van der Waals surface area contributed by atoms with Gasteiger partial charge in [-0.25, -0.2) is 4.98 Å². The van der Waals surface area contributed by atoms with E-state index in [0.29, 0.717) is 17.1 Å². The monoisotopic (exact) mass is 422 g/mol. The number of rotatable bonds is 5. The number of hydrogen-bond donors (Lipinski definition) is 0. The lowest BCUT2D eigenvalue weighted by molar-refractivity contribution is 0.112. The Morgan fingerprint density at radius 3 is 2.65 bits per heavy atom. The average molecular weight is 423 g/mol. The van der Waals surface area contributed by atoms with Crippen LogP contribution in [0.25, 0.3) is 34.0 Å². The first-order valence-corrected chi connectivity index (χ1v) is 10.4. The van der Waals surface area contributed by atoms with Crippen molar-refractivity contribution in [1.29, 1.82) is 0 Å². The van der Waals surface area contributed by atoms with E-state index >= 15 is 0 Å². The number of nitrogens with zero attached hydrogens (tertiary/aromatic N) is 2. The molecule has 0 fully saturated rings. The van der Waals surface area contributed by atoms with Gasteiger partial charge >= 0.3 is 0 Å². The molecule has 0 N–H and O–H groups in total. The third-order valence-electron chi connectivity index (χ3n) is 5.37. The smallest absolute Gasteiger partial charge is 0.152 e. The predicted molar refractivity (Wildman–Crippen MR) is 129 cm³/mol. The van der Waals surface area contributed by atoms with Gasteiger partial charge in [0.05, 0.1) is 16.7 Å². The Hall–Kier alpha value is -3.69.